The van der Waals surface area contributed by atoms with Gasteiger partial charge in [0.1, 0.15) is 23.6 Å². The molecule has 6 heterocycles. The third-order valence-electron chi connectivity index (χ3n) is 17.0. The maximum Gasteiger partial charge on any atom is 0.416 e. The van der Waals surface area contributed by atoms with Crippen LogP contribution in [0.1, 0.15) is 72.8 Å². The van der Waals surface area contributed by atoms with Crippen molar-refractivity contribution in [2.75, 3.05) is 85.1 Å². The Labute approximate surface area is 578 Å². The number of amides is 3. The molecular weight excluding hydrogens is 1320 g/mol. The summed E-state index contributed by atoms with van der Waals surface area (Å²) >= 11 is 0. The van der Waals surface area contributed by atoms with Crippen LogP contribution in [0.15, 0.2) is 201 Å². The zero-order chi connectivity index (χ0) is 71.4. The Morgan fingerprint density at radius 1 is 0.376 bits per heavy atom. The number of aryl methyl sites for hydroxylation is 1. The van der Waals surface area contributed by atoms with E-state index < -0.39 is 47.4 Å². The molecule has 0 N–H and O–H groups in total. The van der Waals surface area contributed by atoms with Gasteiger partial charge in [0.2, 0.25) is 0 Å². The predicted molar refractivity (Wildman–Crippen MR) is 359 cm³/mol. The molecule has 0 saturated carbocycles. The number of halogens is 9. The third kappa shape index (κ3) is 23.1. The minimum absolute atomic E-state index is 0.375. The van der Waals surface area contributed by atoms with Crippen LogP contribution in [-0.2, 0) is 57.3 Å². The summed E-state index contributed by atoms with van der Waals surface area (Å²) in [5, 5.41) is 0. The van der Waals surface area contributed by atoms with Crippen molar-refractivity contribution in [2.24, 2.45) is 0 Å². The average molecular weight is 1400 g/mol. The van der Waals surface area contributed by atoms with E-state index in [2.05, 4.69) is 39.6 Å². The van der Waals surface area contributed by atoms with Crippen LogP contribution in [0.25, 0.3) is 0 Å². The number of ether oxygens (including phenoxy) is 3. The number of piperazine rings is 3. The summed E-state index contributed by atoms with van der Waals surface area (Å²) in [4.78, 5) is 70.4. The van der Waals surface area contributed by atoms with E-state index in [1.54, 1.807) is 100 Å². The normalized spacial score (nSPS) is 14.8. The fourth-order valence-electron chi connectivity index (χ4n) is 11.3. The van der Waals surface area contributed by atoms with Gasteiger partial charge in [-0.1, -0.05) is 78.9 Å². The first-order valence-corrected chi connectivity index (χ1v) is 32.7. The highest BCUT2D eigenvalue weighted by atomic mass is 19.4. The van der Waals surface area contributed by atoms with Crippen molar-refractivity contribution in [2.45, 2.75) is 64.2 Å². The molecule has 3 aliphatic heterocycles. The first kappa shape index (κ1) is 73.4. The second kappa shape index (κ2) is 34.7. The van der Waals surface area contributed by atoms with Crippen LogP contribution in [0.4, 0.5) is 53.9 Å². The van der Waals surface area contributed by atoms with Gasteiger partial charge in [0.15, 0.2) is 0 Å². The molecule has 3 aromatic heterocycles. The lowest BCUT2D eigenvalue weighted by Crippen LogP contribution is -2.49. The first-order chi connectivity index (χ1) is 48.5. The number of alkyl halides is 9. The average Bonchev–Trinajstić information content (AvgIpc) is 0.871. The summed E-state index contributed by atoms with van der Waals surface area (Å²) in [5.74, 6) is 1.30. The molecule has 9 aromatic rings. The summed E-state index contributed by atoms with van der Waals surface area (Å²) in [6.07, 6.45) is -3.56. The second-order valence-corrected chi connectivity index (χ2v) is 24.4. The molecular formula is C75H74F9N11O6. The van der Waals surface area contributed by atoms with Gasteiger partial charge in [0.25, 0.3) is 0 Å². The molecule has 26 heteroatoms. The standard InChI is InChI=1S/C27H28F3N3O2.2C24H23F3N4O2/c1-20-3-2-4-24(31-20)13-14-32-15-17-33(18-16-32)26(34)35-25-11-7-22(8-12-25)19-21-5-9-23(10-6-21)27(28,29)30;25-24(26,27)20-5-1-18(2-6-20)15-19-3-7-22(8-4-19)33-23(32)31-13-11-30(12-14-31)17-21-16-28-9-10-29-21;25-24(26,27)20-5-1-18(2-6-20)15-19-3-7-22(8-4-19)33-23(32)31-13-11-30(12-14-31)16-21-9-10-28-17-29-21/h2-12H,13-19H2,1H3;1-10,16H,11-15,17H2;1-10,17H,11-16H2. The van der Waals surface area contributed by atoms with Crippen LogP contribution in [0.2, 0.25) is 0 Å². The third-order valence-corrected chi connectivity index (χ3v) is 17.0. The second-order valence-electron chi connectivity index (χ2n) is 24.4. The van der Waals surface area contributed by atoms with E-state index in [4.69, 9.17) is 14.2 Å². The van der Waals surface area contributed by atoms with Crippen molar-refractivity contribution in [3.8, 4) is 17.2 Å². The minimum atomic E-state index is -4.34. The molecule has 101 heavy (non-hydrogen) atoms. The molecule has 3 amide bonds. The zero-order valence-electron chi connectivity index (χ0n) is 55.3. The van der Waals surface area contributed by atoms with Crippen LogP contribution < -0.4 is 14.2 Å². The Hall–Kier alpha value is -10.3. The highest BCUT2D eigenvalue weighted by Crippen LogP contribution is 2.32. The smallest absolute Gasteiger partial charge is 0.410 e. The molecule has 528 valence electrons. The molecule has 0 atom stereocenters. The van der Waals surface area contributed by atoms with E-state index in [1.807, 2.05) is 43.3 Å². The predicted octanol–water partition coefficient (Wildman–Crippen LogP) is 14.2. The molecule has 3 saturated heterocycles. The van der Waals surface area contributed by atoms with Gasteiger partial charge in [-0.15, -0.1) is 0 Å². The molecule has 0 aliphatic carbocycles. The van der Waals surface area contributed by atoms with Gasteiger partial charge in [0, 0.05) is 141 Å². The molecule has 0 unspecified atom stereocenters. The fraction of sp³-hybridized carbons (Fsp3) is 0.307. The van der Waals surface area contributed by atoms with Gasteiger partial charge in [-0.25, -0.2) is 24.4 Å². The lowest BCUT2D eigenvalue weighted by atomic mass is 10.0. The maximum atomic E-state index is 12.7. The molecule has 3 aliphatic rings. The van der Waals surface area contributed by atoms with Crippen molar-refractivity contribution >= 4 is 18.3 Å². The van der Waals surface area contributed by atoms with E-state index in [1.165, 1.54) is 42.7 Å². The first-order valence-electron chi connectivity index (χ1n) is 32.7. The number of nitrogens with zero attached hydrogens (tertiary/aromatic N) is 11. The number of hydrogen-bond acceptors (Lipinski definition) is 14. The van der Waals surface area contributed by atoms with Gasteiger partial charge in [0.05, 0.1) is 28.1 Å². The molecule has 6 aromatic carbocycles. The number of benzene rings is 6. The highest BCUT2D eigenvalue weighted by molar-refractivity contribution is 5.72. The molecule has 12 rings (SSSR count). The van der Waals surface area contributed by atoms with Gasteiger partial charge < -0.3 is 28.9 Å². The van der Waals surface area contributed by atoms with Crippen LogP contribution in [-0.4, -0.2) is 158 Å². The van der Waals surface area contributed by atoms with Gasteiger partial charge in [-0.2, -0.15) is 39.5 Å². The Balaban J connectivity index is 0.000000163. The van der Waals surface area contributed by atoms with E-state index in [0.717, 1.165) is 145 Å². The molecule has 0 bridgehead atoms. The monoisotopic (exact) mass is 1400 g/mol. The number of aromatic nitrogens is 5. The van der Waals surface area contributed by atoms with Crippen LogP contribution in [0.5, 0.6) is 17.2 Å². The van der Waals surface area contributed by atoms with Crippen LogP contribution in [0.3, 0.4) is 0 Å². The van der Waals surface area contributed by atoms with Crippen LogP contribution in [0, 0.1) is 6.92 Å². The van der Waals surface area contributed by atoms with Crippen molar-refractivity contribution in [1.82, 2.24) is 54.3 Å². The summed E-state index contributed by atoms with van der Waals surface area (Å²) < 4.78 is 131. The Bertz CT molecular complexity index is 3890. The van der Waals surface area contributed by atoms with Crippen molar-refractivity contribution < 1.29 is 68.1 Å². The van der Waals surface area contributed by atoms with E-state index in [0.29, 0.717) is 88.9 Å². The topological polar surface area (TPSA) is 163 Å². The Morgan fingerprint density at radius 3 is 1.06 bits per heavy atom. The SMILES string of the molecule is Cc1cccc(CCN2CCN(C(=O)Oc3ccc(Cc4ccc(C(F)(F)F)cc4)cc3)CC2)n1.O=C(Oc1ccc(Cc2ccc(C(F)(F)F)cc2)cc1)N1CCN(Cc2ccncn2)CC1.O=C(Oc1ccc(Cc2ccc(C(F)(F)F)cc2)cc1)N1CCN(Cc2cnccn2)CC1. The number of pyridine rings is 1. The van der Waals surface area contributed by atoms with E-state index in [9.17, 15) is 53.9 Å². The quantitative estimate of drug-likeness (QED) is 0.0840. The van der Waals surface area contributed by atoms with Gasteiger partial charge in [-0.3, -0.25) is 29.7 Å². The molecule has 3 fully saturated rings. The number of carbonyl (C=O) groups excluding carboxylic acids is 3. The Morgan fingerprint density at radius 2 is 0.733 bits per heavy atom. The van der Waals surface area contributed by atoms with Crippen molar-refractivity contribution in [3.05, 3.63) is 274 Å². The van der Waals surface area contributed by atoms with Crippen molar-refractivity contribution in [3.63, 3.8) is 0 Å². The van der Waals surface area contributed by atoms with E-state index in [-0.39, 0.29) is 6.09 Å². The number of hydrogen-bond donors (Lipinski definition) is 0. The molecule has 0 radical (unpaired) electrons. The highest BCUT2D eigenvalue weighted by Gasteiger charge is 2.33. The van der Waals surface area contributed by atoms with Crippen molar-refractivity contribution in [1.29, 1.82) is 0 Å². The number of carbonyl (C=O) groups is 3. The lowest BCUT2D eigenvalue weighted by Gasteiger charge is -2.33. The van der Waals surface area contributed by atoms with Gasteiger partial charge in [-0.05, 0) is 151 Å². The summed E-state index contributed by atoms with van der Waals surface area (Å²) in [6, 6.07) is 44.3. The fourth-order valence-corrected chi connectivity index (χ4v) is 11.3. The van der Waals surface area contributed by atoms with E-state index >= 15 is 0 Å². The lowest BCUT2D eigenvalue weighted by molar-refractivity contribution is -0.138. The summed E-state index contributed by atoms with van der Waals surface area (Å²) in [7, 11) is 0. The summed E-state index contributed by atoms with van der Waals surface area (Å²) in [6.45, 7) is 12.2. The van der Waals surface area contributed by atoms with Crippen LogP contribution >= 0.6 is 0 Å². The molecule has 0 spiro atoms. The van der Waals surface area contributed by atoms with Gasteiger partial charge >= 0.3 is 36.8 Å². The number of rotatable bonds is 16. The minimum Gasteiger partial charge on any atom is -0.410 e. The molecule has 17 nitrogen and oxygen atoms in total. The maximum absolute atomic E-state index is 12.7. The summed E-state index contributed by atoms with van der Waals surface area (Å²) in [5.41, 5.74) is 7.00. The Kier molecular flexibility index (Phi) is 25.2. The largest absolute Gasteiger partial charge is 0.416 e. The zero-order valence-corrected chi connectivity index (χ0v) is 55.3.